The topological polar surface area (TPSA) is 38.3 Å². The monoisotopic (exact) mass is 267 g/mol. The van der Waals surface area contributed by atoms with Crippen LogP contribution >= 0.6 is 11.6 Å². The van der Waals surface area contributed by atoms with Crippen molar-refractivity contribution >= 4 is 23.2 Å². The number of ether oxygens (including phenoxy) is 1. The summed E-state index contributed by atoms with van der Waals surface area (Å²) in [5.41, 5.74) is 1.61. The van der Waals surface area contributed by atoms with Crippen LogP contribution in [0.1, 0.15) is 19.8 Å². The average Bonchev–Trinajstić information content (AvgIpc) is 2.35. The quantitative estimate of drug-likeness (QED) is 0.606. The van der Waals surface area contributed by atoms with E-state index in [4.69, 9.17) is 16.3 Å². The molecule has 1 aromatic rings. The van der Waals surface area contributed by atoms with Crippen molar-refractivity contribution in [3.05, 3.63) is 36.4 Å². The van der Waals surface area contributed by atoms with Crippen LogP contribution in [0.15, 0.2) is 36.4 Å². The van der Waals surface area contributed by atoms with Crippen LogP contribution in [0.5, 0.6) is 5.75 Å². The fraction of sp³-hybridized carbons (Fsp3) is 0.357. The van der Waals surface area contributed by atoms with Crippen molar-refractivity contribution in [3.8, 4) is 5.75 Å². The summed E-state index contributed by atoms with van der Waals surface area (Å²) in [6.45, 7) is 6.10. The van der Waals surface area contributed by atoms with Gasteiger partial charge in [0.05, 0.1) is 5.69 Å². The third-order valence-electron chi connectivity index (χ3n) is 2.17. The molecule has 0 heterocycles. The van der Waals surface area contributed by atoms with Crippen LogP contribution in [0.25, 0.3) is 0 Å². The second-order valence-electron chi connectivity index (χ2n) is 4.08. The van der Waals surface area contributed by atoms with Gasteiger partial charge in [-0.25, -0.2) is 0 Å². The molecule has 4 heteroatoms. The maximum Gasteiger partial charge on any atom is 0.224 e. The Hall–Kier alpha value is -1.48. The highest BCUT2D eigenvalue weighted by atomic mass is 35.5. The number of hydrogen-bond acceptors (Lipinski definition) is 2. The van der Waals surface area contributed by atoms with Gasteiger partial charge in [-0.3, -0.25) is 4.79 Å². The van der Waals surface area contributed by atoms with E-state index in [1.807, 2.05) is 31.2 Å². The van der Waals surface area contributed by atoms with Gasteiger partial charge in [0.1, 0.15) is 12.4 Å². The maximum atomic E-state index is 11.6. The van der Waals surface area contributed by atoms with Crippen molar-refractivity contribution in [2.75, 3.05) is 17.8 Å². The summed E-state index contributed by atoms with van der Waals surface area (Å²) < 4.78 is 5.56. The zero-order valence-corrected chi connectivity index (χ0v) is 11.3. The number of amides is 1. The molecule has 0 aliphatic rings. The number of anilines is 1. The molecule has 0 aliphatic carbocycles. The molecule has 0 saturated carbocycles. The van der Waals surface area contributed by atoms with E-state index in [2.05, 4.69) is 11.9 Å². The van der Waals surface area contributed by atoms with Gasteiger partial charge in [-0.2, -0.15) is 0 Å². The largest absolute Gasteiger partial charge is 0.487 e. The van der Waals surface area contributed by atoms with E-state index in [1.54, 1.807) is 0 Å². The first-order valence-corrected chi connectivity index (χ1v) is 6.39. The highest BCUT2D eigenvalue weighted by Gasteiger charge is 2.07. The van der Waals surface area contributed by atoms with Crippen LogP contribution < -0.4 is 10.1 Å². The fourth-order valence-electron chi connectivity index (χ4n) is 1.34. The summed E-state index contributed by atoms with van der Waals surface area (Å²) in [5.74, 6) is 1.09. The van der Waals surface area contributed by atoms with E-state index in [1.165, 1.54) is 0 Å². The van der Waals surface area contributed by atoms with Crippen LogP contribution in [0.3, 0.4) is 0 Å². The Morgan fingerprint density at radius 2 is 2.17 bits per heavy atom. The number of carbonyl (C=O) groups excluding carboxylic acids is 1. The Kier molecular flexibility index (Phi) is 6.29. The molecule has 0 spiro atoms. The Bertz CT molecular complexity index is 418. The minimum absolute atomic E-state index is 0.0537. The van der Waals surface area contributed by atoms with Crippen molar-refractivity contribution in [1.29, 1.82) is 0 Å². The van der Waals surface area contributed by atoms with Crippen molar-refractivity contribution < 1.29 is 9.53 Å². The van der Waals surface area contributed by atoms with E-state index in [-0.39, 0.29) is 5.91 Å². The molecule has 18 heavy (non-hydrogen) atoms. The van der Waals surface area contributed by atoms with Gasteiger partial charge in [-0.15, -0.1) is 11.6 Å². The second-order valence-corrected chi connectivity index (χ2v) is 4.46. The van der Waals surface area contributed by atoms with E-state index in [0.717, 1.165) is 5.57 Å². The Balaban J connectivity index is 2.63. The number of alkyl halides is 1. The average molecular weight is 268 g/mol. The van der Waals surface area contributed by atoms with E-state index < -0.39 is 0 Å². The first kappa shape index (κ1) is 14.6. The number of benzene rings is 1. The minimum Gasteiger partial charge on any atom is -0.487 e. The third-order valence-corrected chi connectivity index (χ3v) is 2.44. The van der Waals surface area contributed by atoms with Crippen LogP contribution in [0, 0.1) is 0 Å². The zero-order chi connectivity index (χ0) is 13.4. The summed E-state index contributed by atoms with van der Waals surface area (Å²) >= 11 is 5.55. The lowest BCUT2D eigenvalue weighted by Gasteiger charge is -2.12. The smallest absolute Gasteiger partial charge is 0.224 e. The number of nitrogens with one attached hydrogen (secondary N) is 1. The van der Waals surface area contributed by atoms with Crippen molar-refractivity contribution in [1.82, 2.24) is 0 Å². The first-order chi connectivity index (χ1) is 8.63. The molecule has 0 bridgehead atoms. The minimum atomic E-state index is -0.0537. The Morgan fingerprint density at radius 1 is 1.44 bits per heavy atom. The lowest BCUT2D eigenvalue weighted by atomic mass is 10.2. The number of para-hydroxylation sites is 2. The summed E-state index contributed by atoms with van der Waals surface area (Å²) in [6.07, 6.45) is 1.08. The van der Waals surface area contributed by atoms with Crippen molar-refractivity contribution in [3.63, 3.8) is 0 Å². The second kappa shape index (κ2) is 7.77. The number of hydrogen-bond donors (Lipinski definition) is 1. The third kappa shape index (κ3) is 5.23. The van der Waals surface area contributed by atoms with Crippen LogP contribution in [-0.4, -0.2) is 18.4 Å². The summed E-state index contributed by atoms with van der Waals surface area (Å²) in [4.78, 5) is 11.6. The summed E-state index contributed by atoms with van der Waals surface area (Å²) in [6, 6.07) is 7.35. The van der Waals surface area contributed by atoms with E-state index >= 15 is 0 Å². The molecule has 3 nitrogen and oxygen atoms in total. The molecule has 1 N–H and O–H groups in total. The molecule has 0 radical (unpaired) electrons. The van der Waals surface area contributed by atoms with Gasteiger partial charge in [-0.1, -0.05) is 18.7 Å². The van der Waals surface area contributed by atoms with Crippen molar-refractivity contribution in [2.45, 2.75) is 19.8 Å². The Morgan fingerprint density at radius 3 is 2.83 bits per heavy atom. The van der Waals surface area contributed by atoms with Gasteiger partial charge >= 0.3 is 0 Å². The molecule has 0 fully saturated rings. The van der Waals surface area contributed by atoms with Gasteiger partial charge in [-0.05, 0) is 31.1 Å². The molecule has 0 aromatic heterocycles. The highest BCUT2D eigenvalue weighted by Crippen LogP contribution is 2.24. The van der Waals surface area contributed by atoms with Gasteiger partial charge < -0.3 is 10.1 Å². The van der Waals surface area contributed by atoms with E-state index in [0.29, 0.717) is 36.8 Å². The molecular weight excluding hydrogens is 250 g/mol. The predicted molar refractivity (Wildman–Crippen MR) is 75.3 cm³/mol. The van der Waals surface area contributed by atoms with Crippen LogP contribution in [-0.2, 0) is 4.79 Å². The standard InChI is InChI=1S/C14H18ClNO2/c1-11(2)10-18-13-7-4-3-6-12(13)16-14(17)8-5-9-15/h3-4,6-7H,1,5,8-10H2,2H3,(H,16,17). The lowest BCUT2D eigenvalue weighted by Crippen LogP contribution is -2.12. The zero-order valence-electron chi connectivity index (χ0n) is 10.5. The van der Waals surface area contributed by atoms with Gasteiger partial charge in [0.2, 0.25) is 5.91 Å². The van der Waals surface area contributed by atoms with Gasteiger partial charge in [0, 0.05) is 12.3 Å². The molecule has 1 rings (SSSR count). The molecule has 0 aliphatic heterocycles. The molecule has 1 aromatic carbocycles. The fourth-order valence-corrected chi connectivity index (χ4v) is 1.47. The molecule has 0 saturated heterocycles. The van der Waals surface area contributed by atoms with Crippen LogP contribution in [0.2, 0.25) is 0 Å². The molecule has 98 valence electrons. The molecule has 1 amide bonds. The first-order valence-electron chi connectivity index (χ1n) is 5.85. The lowest BCUT2D eigenvalue weighted by molar-refractivity contribution is -0.116. The summed E-state index contributed by atoms with van der Waals surface area (Å²) in [7, 11) is 0. The van der Waals surface area contributed by atoms with Gasteiger partial charge in [0.25, 0.3) is 0 Å². The molecule has 0 atom stereocenters. The maximum absolute atomic E-state index is 11.6. The number of carbonyl (C=O) groups is 1. The van der Waals surface area contributed by atoms with Crippen molar-refractivity contribution in [2.24, 2.45) is 0 Å². The highest BCUT2D eigenvalue weighted by molar-refractivity contribution is 6.18. The molecular formula is C14H18ClNO2. The SMILES string of the molecule is C=C(C)COc1ccccc1NC(=O)CCCCl. The summed E-state index contributed by atoms with van der Waals surface area (Å²) in [5, 5.41) is 2.82. The predicted octanol–water partition coefficient (Wildman–Crippen LogP) is 3.60. The Labute approximate surface area is 113 Å². The molecule has 0 unspecified atom stereocenters. The normalized spacial score (nSPS) is 9.89. The number of halogens is 1. The van der Waals surface area contributed by atoms with E-state index in [9.17, 15) is 4.79 Å². The van der Waals surface area contributed by atoms with Crippen LogP contribution in [0.4, 0.5) is 5.69 Å². The van der Waals surface area contributed by atoms with Gasteiger partial charge in [0.15, 0.2) is 0 Å². The number of rotatable bonds is 7.